The van der Waals surface area contributed by atoms with Crippen LogP contribution >= 0.6 is 0 Å². The van der Waals surface area contributed by atoms with Gasteiger partial charge in [-0.1, -0.05) is 19.1 Å². The van der Waals surface area contributed by atoms with Crippen molar-refractivity contribution in [3.63, 3.8) is 0 Å². The third kappa shape index (κ3) is 1.95. The molecule has 6 heteroatoms. The number of sulfonamides is 1. The molecule has 1 aliphatic heterocycles. The lowest BCUT2D eigenvalue weighted by atomic mass is 10.3. The highest BCUT2D eigenvalue weighted by Crippen LogP contribution is 2.24. The lowest BCUT2D eigenvalue weighted by molar-refractivity contribution is 0.385. The largest absolute Gasteiger partial charge is 0.314 e. The minimum atomic E-state index is -3.47. The number of benzene rings is 1. The zero-order valence-corrected chi connectivity index (χ0v) is 11.7. The summed E-state index contributed by atoms with van der Waals surface area (Å²) in [5.41, 5.74) is 1.65. The predicted molar refractivity (Wildman–Crippen MR) is 73.4 cm³/mol. The summed E-state index contributed by atoms with van der Waals surface area (Å²) in [5.74, 6) is 0. The Hall–Kier alpha value is -1.40. The Morgan fingerprint density at radius 2 is 1.95 bits per heavy atom. The average Bonchev–Trinajstić information content (AvgIpc) is 2.76. The van der Waals surface area contributed by atoms with Crippen LogP contribution in [0.5, 0.6) is 0 Å². The van der Waals surface area contributed by atoms with Crippen molar-refractivity contribution in [2.45, 2.75) is 31.5 Å². The van der Waals surface area contributed by atoms with E-state index in [9.17, 15) is 8.42 Å². The number of aryl methyl sites for hydroxylation is 1. The number of aromatic nitrogens is 2. The maximum Gasteiger partial charge on any atom is 0.277 e. The monoisotopic (exact) mass is 279 g/mol. The van der Waals surface area contributed by atoms with Gasteiger partial charge in [-0.2, -0.15) is 4.31 Å². The Kier molecular flexibility index (Phi) is 3.06. The normalized spacial score (nSPS) is 19.8. The molecule has 2 aromatic rings. The Morgan fingerprint density at radius 1 is 1.21 bits per heavy atom. The number of fused-ring (bicyclic) bond motifs is 3. The molecule has 0 bridgehead atoms. The van der Waals surface area contributed by atoms with Gasteiger partial charge in [0.2, 0.25) is 5.16 Å². The molecule has 1 aromatic heterocycles. The number of para-hydroxylation sites is 2. The summed E-state index contributed by atoms with van der Waals surface area (Å²) in [6.07, 6.45) is 1.86. The smallest absolute Gasteiger partial charge is 0.277 e. The quantitative estimate of drug-likeness (QED) is 0.800. The molecule has 1 aromatic carbocycles. The van der Waals surface area contributed by atoms with Crippen LogP contribution in [0.4, 0.5) is 0 Å². The highest BCUT2D eigenvalue weighted by molar-refractivity contribution is 7.89. The molecule has 0 saturated heterocycles. The van der Waals surface area contributed by atoms with Gasteiger partial charge < -0.3 is 4.57 Å². The van der Waals surface area contributed by atoms with Crippen LogP contribution in [0.25, 0.3) is 11.0 Å². The van der Waals surface area contributed by atoms with Crippen LogP contribution in [0.15, 0.2) is 29.4 Å². The number of nitrogens with zero attached hydrogens (tertiary/aromatic N) is 3. The van der Waals surface area contributed by atoms with Crippen LogP contribution < -0.4 is 0 Å². The molecule has 102 valence electrons. The van der Waals surface area contributed by atoms with E-state index in [1.54, 1.807) is 0 Å². The van der Waals surface area contributed by atoms with E-state index >= 15 is 0 Å². The lowest BCUT2D eigenvalue weighted by Gasteiger charge is -2.23. The topological polar surface area (TPSA) is 55.2 Å². The Labute approximate surface area is 112 Å². The average molecular weight is 279 g/mol. The molecule has 0 amide bonds. The first kappa shape index (κ1) is 12.6. The second-order valence-electron chi connectivity index (χ2n) is 4.74. The highest BCUT2D eigenvalue weighted by Gasteiger charge is 2.30. The van der Waals surface area contributed by atoms with Crippen LogP contribution in [0.3, 0.4) is 0 Å². The molecule has 0 spiro atoms. The minimum Gasteiger partial charge on any atom is -0.314 e. The molecule has 0 atom stereocenters. The van der Waals surface area contributed by atoms with Crippen molar-refractivity contribution in [3.8, 4) is 0 Å². The Balaban J connectivity index is 2.28. The van der Waals surface area contributed by atoms with Crippen molar-refractivity contribution in [1.29, 1.82) is 0 Å². The molecule has 5 nitrogen and oxygen atoms in total. The van der Waals surface area contributed by atoms with Gasteiger partial charge >= 0.3 is 0 Å². The van der Waals surface area contributed by atoms with Gasteiger partial charge in [-0.25, -0.2) is 13.4 Å². The maximum atomic E-state index is 12.6. The predicted octanol–water partition coefficient (Wildman–Crippen LogP) is 1.84. The third-order valence-corrected chi connectivity index (χ3v) is 5.48. The van der Waals surface area contributed by atoms with E-state index in [0.717, 1.165) is 23.9 Å². The molecule has 0 saturated carbocycles. The molecule has 1 aliphatic rings. The summed E-state index contributed by atoms with van der Waals surface area (Å²) >= 11 is 0. The molecule has 3 rings (SSSR count). The maximum absolute atomic E-state index is 12.6. The highest BCUT2D eigenvalue weighted by atomic mass is 32.2. The van der Waals surface area contributed by atoms with Gasteiger partial charge in [-0.3, -0.25) is 0 Å². The van der Waals surface area contributed by atoms with Crippen LogP contribution in [0, 0.1) is 0 Å². The fourth-order valence-electron chi connectivity index (χ4n) is 2.59. The summed E-state index contributed by atoms with van der Waals surface area (Å²) in [6, 6.07) is 7.59. The standard InChI is InChI=1S/C13H17N3O2S/c1-2-15-9-5-6-10-16-12-8-4-3-7-11(12)14-13(16)19(15,17)18/h3-4,7-8H,2,5-6,9-10H2,1H3. The fraction of sp³-hybridized carbons (Fsp3) is 0.462. The van der Waals surface area contributed by atoms with Gasteiger partial charge in [0.05, 0.1) is 11.0 Å². The molecular weight excluding hydrogens is 262 g/mol. The first-order chi connectivity index (χ1) is 9.14. The Morgan fingerprint density at radius 3 is 2.74 bits per heavy atom. The second kappa shape index (κ2) is 4.61. The van der Waals surface area contributed by atoms with E-state index in [2.05, 4.69) is 4.98 Å². The molecule has 0 aliphatic carbocycles. The Bertz CT molecular complexity index is 706. The van der Waals surface area contributed by atoms with E-state index in [-0.39, 0.29) is 5.16 Å². The fourth-order valence-corrected chi connectivity index (χ4v) is 4.21. The number of hydrogen-bond acceptors (Lipinski definition) is 3. The summed E-state index contributed by atoms with van der Waals surface area (Å²) in [5, 5.41) is 0.190. The molecule has 0 fully saturated rings. The van der Waals surface area contributed by atoms with E-state index in [1.165, 1.54) is 4.31 Å². The summed E-state index contributed by atoms with van der Waals surface area (Å²) in [4.78, 5) is 4.34. The van der Waals surface area contributed by atoms with Crippen molar-refractivity contribution < 1.29 is 8.42 Å². The van der Waals surface area contributed by atoms with E-state index in [1.807, 2.05) is 35.8 Å². The number of imidazole rings is 1. The van der Waals surface area contributed by atoms with Gasteiger partial charge in [-0.15, -0.1) is 0 Å². The van der Waals surface area contributed by atoms with Crippen LogP contribution in [0.1, 0.15) is 19.8 Å². The van der Waals surface area contributed by atoms with Crippen LogP contribution in [0.2, 0.25) is 0 Å². The summed E-state index contributed by atoms with van der Waals surface area (Å²) < 4.78 is 28.6. The number of hydrogen-bond donors (Lipinski definition) is 0. The molecule has 2 heterocycles. The molecule has 0 N–H and O–H groups in total. The van der Waals surface area contributed by atoms with Gasteiger partial charge in [0.1, 0.15) is 0 Å². The SMILES string of the molecule is CCN1CCCCn2c(nc3ccccc32)S1(=O)=O. The molecule has 0 radical (unpaired) electrons. The molecular formula is C13H17N3O2S. The van der Waals surface area contributed by atoms with Crippen molar-refractivity contribution in [2.24, 2.45) is 0 Å². The third-order valence-electron chi connectivity index (χ3n) is 3.58. The van der Waals surface area contributed by atoms with Crippen molar-refractivity contribution in [3.05, 3.63) is 24.3 Å². The van der Waals surface area contributed by atoms with E-state index < -0.39 is 10.0 Å². The van der Waals surface area contributed by atoms with Crippen LogP contribution in [-0.4, -0.2) is 35.4 Å². The van der Waals surface area contributed by atoms with Crippen LogP contribution in [-0.2, 0) is 16.6 Å². The van der Waals surface area contributed by atoms with Crippen molar-refractivity contribution in [2.75, 3.05) is 13.1 Å². The molecule has 19 heavy (non-hydrogen) atoms. The van der Waals surface area contributed by atoms with E-state index in [0.29, 0.717) is 19.6 Å². The van der Waals surface area contributed by atoms with E-state index in [4.69, 9.17) is 0 Å². The summed E-state index contributed by atoms with van der Waals surface area (Å²) in [6.45, 7) is 3.66. The van der Waals surface area contributed by atoms with Gasteiger partial charge in [-0.05, 0) is 25.0 Å². The van der Waals surface area contributed by atoms with Crippen molar-refractivity contribution >= 4 is 21.1 Å². The van der Waals surface area contributed by atoms with Gasteiger partial charge in [0.15, 0.2) is 0 Å². The lowest BCUT2D eigenvalue weighted by Crippen LogP contribution is -2.35. The van der Waals surface area contributed by atoms with Gasteiger partial charge in [0, 0.05) is 19.6 Å². The zero-order chi connectivity index (χ0) is 13.5. The number of rotatable bonds is 1. The first-order valence-corrected chi connectivity index (χ1v) is 8.04. The first-order valence-electron chi connectivity index (χ1n) is 6.60. The minimum absolute atomic E-state index is 0.190. The summed E-state index contributed by atoms with van der Waals surface area (Å²) in [7, 11) is -3.47. The second-order valence-corrected chi connectivity index (χ2v) is 6.57. The van der Waals surface area contributed by atoms with Crippen molar-refractivity contribution in [1.82, 2.24) is 13.9 Å². The zero-order valence-electron chi connectivity index (χ0n) is 10.9. The molecule has 0 unspecified atom stereocenters. The van der Waals surface area contributed by atoms with Gasteiger partial charge in [0.25, 0.3) is 10.0 Å².